The van der Waals surface area contributed by atoms with Gasteiger partial charge < -0.3 is 10.6 Å². The van der Waals surface area contributed by atoms with Gasteiger partial charge in [0.05, 0.1) is 6.54 Å². The zero-order chi connectivity index (χ0) is 14.4. The Kier molecular flexibility index (Phi) is 5.86. The van der Waals surface area contributed by atoms with Crippen molar-refractivity contribution in [1.29, 1.82) is 0 Å². The SMILES string of the molecule is Cc1c(Cl)cccc1NC(=O)CNC1CCCCCC1. The molecule has 0 aromatic heterocycles. The lowest BCUT2D eigenvalue weighted by Gasteiger charge is -2.16. The number of amides is 1. The molecule has 0 heterocycles. The smallest absolute Gasteiger partial charge is 0.238 e. The molecule has 0 atom stereocenters. The van der Waals surface area contributed by atoms with Crippen molar-refractivity contribution in [3.05, 3.63) is 28.8 Å². The summed E-state index contributed by atoms with van der Waals surface area (Å²) in [6.45, 7) is 2.29. The van der Waals surface area contributed by atoms with Gasteiger partial charge in [0, 0.05) is 16.8 Å². The summed E-state index contributed by atoms with van der Waals surface area (Å²) in [5.41, 5.74) is 1.71. The van der Waals surface area contributed by atoms with Crippen LogP contribution in [0.4, 0.5) is 5.69 Å². The predicted octanol–water partition coefficient (Wildman–Crippen LogP) is 3.90. The highest BCUT2D eigenvalue weighted by molar-refractivity contribution is 6.31. The zero-order valence-corrected chi connectivity index (χ0v) is 12.8. The van der Waals surface area contributed by atoms with Crippen LogP contribution in [0.2, 0.25) is 5.02 Å². The minimum absolute atomic E-state index is 0.000358. The number of benzene rings is 1. The molecule has 0 aliphatic heterocycles. The highest BCUT2D eigenvalue weighted by Gasteiger charge is 2.13. The van der Waals surface area contributed by atoms with Crippen LogP contribution in [-0.2, 0) is 4.79 Å². The van der Waals surface area contributed by atoms with Crippen LogP contribution in [0.15, 0.2) is 18.2 Å². The summed E-state index contributed by atoms with van der Waals surface area (Å²) in [7, 11) is 0. The lowest BCUT2D eigenvalue weighted by molar-refractivity contribution is -0.115. The van der Waals surface area contributed by atoms with Crippen molar-refractivity contribution in [1.82, 2.24) is 5.32 Å². The van der Waals surface area contributed by atoms with Gasteiger partial charge >= 0.3 is 0 Å². The van der Waals surface area contributed by atoms with Crippen LogP contribution in [0.1, 0.15) is 44.1 Å². The summed E-state index contributed by atoms with van der Waals surface area (Å²) in [6, 6.07) is 6.05. The van der Waals surface area contributed by atoms with Gasteiger partial charge in [-0.05, 0) is 37.5 Å². The van der Waals surface area contributed by atoms with Gasteiger partial charge in [-0.1, -0.05) is 43.4 Å². The fourth-order valence-electron chi connectivity index (χ4n) is 2.66. The molecule has 2 rings (SSSR count). The molecule has 20 heavy (non-hydrogen) atoms. The maximum Gasteiger partial charge on any atom is 0.238 e. The molecule has 0 saturated heterocycles. The second-order valence-electron chi connectivity index (χ2n) is 5.53. The molecule has 1 aromatic rings. The van der Waals surface area contributed by atoms with Gasteiger partial charge in [-0.15, -0.1) is 0 Å². The van der Waals surface area contributed by atoms with E-state index in [4.69, 9.17) is 11.6 Å². The molecule has 1 aromatic carbocycles. The molecule has 1 saturated carbocycles. The summed E-state index contributed by atoms with van der Waals surface area (Å²) < 4.78 is 0. The predicted molar refractivity (Wildman–Crippen MR) is 84.3 cm³/mol. The van der Waals surface area contributed by atoms with E-state index in [1.165, 1.54) is 38.5 Å². The molecule has 110 valence electrons. The molecular weight excluding hydrogens is 272 g/mol. The Balaban J connectivity index is 1.81. The van der Waals surface area contributed by atoms with Crippen molar-refractivity contribution in [2.75, 3.05) is 11.9 Å². The molecule has 1 aliphatic rings. The van der Waals surface area contributed by atoms with E-state index in [0.717, 1.165) is 11.3 Å². The quantitative estimate of drug-likeness (QED) is 0.827. The summed E-state index contributed by atoms with van der Waals surface area (Å²) in [5.74, 6) is -0.000358. The normalized spacial score (nSPS) is 16.7. The molecule has 2 N–H and O–H groups in total. The van der Waals surface area contributed by atoms with Crippen molar-refractivity contribution in [3.8, 4) is 0 Å². The Morgan fingerprint density at radius 2 is 1.95 bits per heavy atom. The number of rotatable bonds is 4. The van der Waals surface area contributed by atoms with Crippen LogP contribution < -0.4 is 10.6 Å². The van der Waals surface area contributed by atoms with E-state index in [1.54, 1.807) is 0 Å². The summed E-state index contributed by atoms with van der Waals surface area (Å²) >= 11 is 6.05. The Bertz CT molecular complexity index is 454. The first-order chi connectivity index (χ1) is 9.66. The van der Waals surface area contributed by atoms with E-state index in [1.807, 2.05) is 25.1 Å². The molecule has 0 unspecified atom stereocenters. The number of anilines is 1. The minimum atomic E-state index is -0.000358. The molecule has 4 heteroatoms. The molecule has 0 radical (unpaired) electrons. The first kappa shape index (κ1) is 15.3. The highest BCUT2D eigenvalue weighted by Crippen LogP contribution is 2.22. The maximum atomic E-state index is 12.0. The topological polar surface area (TPSA) is 41.1 Å². The second kappa shape index (κ2) is 7.65. The highest BCUT2D eigenvalue weighted by atomic mass is 35.5. The standard InChI is InChI=1S/C16H23ClN2O/c1-12-14(17)9-6-10-15(12)19-16(20)11-18-13-7-4-2-3-5-8-13/h6,9-10,13,18H,2-5,7-8,11H2,1H3,(H,19,20). The zero-order valence-electron chi connectivity index (χ0n) is 12.0. The Hall–Kier alpha value is -1.06. The molecule has 1 aliphatic carbocycles. The van der Waals surface area contributed by atoms with Gasteiger partial charge in [0.2, 0.25) is 5.91 Å². The van der Waals surface area contributed by atoms with Crippen LogP contribution in [0.5, 0.6) is 0 Å². The average Bonchev–Trinajstić information content (AvgIpc) is 2.70. The fourth-order valence-corrected chi connectivity index (χ4v) is 2.83. The van der Waals surface area contributed by atoms with Gasteiger partial charge in [0.1, 0.15) is 0 Å². The number of halogens is 1. The summed E-state index contributed by atoms with van der Waals surface area (Å²) in [6.07, 6.45) is 7.56. The Labute approximate surface area is 126 Å². The largest absolute Gasteiger partial charge is 0.325 e. The molecule has 1 amide bonds. The second-order valence-corrected chi connectivity index (χ2v) is 5.94. The molecular formula is C16H23ClN2O. The van der Waals surface area contributed by atoms with Crippen molar-refractivity contribution in [2.24, 2.45) is 0 Å². The van der Waals surface area contributed by atoms with Crippen LogP contribution >= 0.6 is 11.6 Å². The number of carbonyl (C=O) groups excluding carboxylic acids is 1. The lowest BCUT2D eigenvalue weighted by atomic mass is 10.1. The number of nitrogens with one attached hydrogen (secondary N) is 2. The van der Waals surface area contributed by atoms with Crippen molar-refractivity contribution in [2.45, 2.75) is 51.5 Å². The summed E-state index contributed by atoms with van der Waals surface area (Å²) in [4.78, 5) is 12.0. The minimum Gasteiger partial charge on any atom is -0.325 e. The van der Waals surface area contributed by atoms with E-state index >= 15 is 0 Å². The fraction of sp³-hybridized carbons (Fsp3) is 0.562. The monoisotopic (exact) mass is 294 g/mol. The van der Waals surface area contributed by atoms with E-state index in [-0.39, 0.29) is 5.91 Å². The van der Waals surface area contributed by atoms with Gasteiger partial charge in [0.15, 0.2) is 0 Å². The number of hydrogen-bond donors (Lipinski definition) is 2. The van der Waals surface area contributed by atoms with Crippen LogP contribution in [0, 0.1) is 6.92 Å². The Morgan fingerprint density at radius 3 is 2.65 bits per heavy atom. The van der Waals surface area contributed by atoms with E-state index in [9.17, 15) is 4.79 Å². The maximum absolute atomic E-state index is 12.0. The molecule has 1 fully saturated rings. The van der Waals surface area contributed by atoms with Crippen molar-refractivity contribution in [3.63, 3.8) is 0 Å². The van der Waals surface area contributed by atoms with Crippen molar-refractivity contribution >= 4 is 23.2 Å². The van der Waals surface area contributed by atoms with Crippen molar-refractivity contribution < 1.29 is 4.79 Å². The lowest BCUT2D eigenvalue weighted by Crippen LogP contribution is -2.35. The molecule has 0 spiro atoms. The van der Waals surface area contributed by atoms with Crippen LogP contribution in [0.25, 0.3) is 0 Å². The summed E-state index contributed by atoms with van der Waals surface area (Å²) in [5, 5.41) is 6.97. The Morgan fingerprint density at radius 1 is 1.25 bits per heavy atom. The number of hydrogen-bond acceptors (Lipinski definition) is 2. The first-order valence-corrected chi connectivity index (χ1v) is 7.83. The van der Waals surface area contributed by atoms with Crippen LogP contribution in [-0.4, -0.2) is 18.5 Å². The third kappa shape index (κ3) is 4.50. The number of carbonyl (C=O) groups is 1. The van der Waals surface area contributed by atoms with E-state index in [0.29, 0.717) is 17.6 Å². The van der Waals surface area contributed by atoms with E-state index < -0.39 is 0 Å². The van der Waals surface area contributed by atoms with E-state index in [2.05, 4.69) is 10.6 Å². The first-order valence-electron chi connectivity index (χ1n) is 7.45. The van der Waals surface area contributed by atoms with Gasteiger partial charge in [-0.25, -0.2) is 0 Å². The average molecular weight is 295 g/mol. The third-order valence-corrected chi connectivity index (χ3v) is 4.36. The van der Waals surface area contributed by atoms with Gasteiger partial charge in [-0.2, -0.15) is 0 Å². The molecule has 0 bridgehead atoms. The van der Waals surface area contributed by atoms with Crippen LogP contribution in [0.3, 0.4) is 0 Å². The van der Waals surface area contributed by atoms with Gasteiger partial charge in [0.25, 0.3) is 0 Å². The third-order valence-electron chi connectivity index (χ3n) is 3.95. The molecule has 3 nitrogen and oxygen atoms in total. The van der Waals surface area contributed by atoms with Gasteiger partial charge in [-0.3, -0.25) is 4.79 Å².